The van der Waals surface area contributed by atoms with Crippen LogP contribution in [-0.2, 0) is 19.1 Å². The molecule has 0 saturated carbocycles. The van der Waals surface area contributed by atoms with Gasteiger partial charge in [0.05, 0.1) is 12.7 Å². The molecule has 116 valence electrons. The van der Waals surface area contributed by atoms with Crippen LogP contribution in [0, 0.1) is 0 Å². The van der Waals surface area contributed by atoms with E-state index in [4.69, 9.17) is 4.74 Å². The maximum Gasteiger partial charge on any atom is 0.348 e. The number of carbonyl (C=O) groups is 2. The van der Waals surface area contributed by atoms with Crippen molar-refractivity contribution < 1.29 is 24.2 Å². The van der Waals surface area contributed by atoms with Crippen molar-refractivity contribution in [2.45, 2.75) is 26.7 Å². The molecule has 0 fully saturated rings. The molecule has 5 nitrogen and oxygen atoms in total. The minimum Gasteiger partial charge on any atom is -0.504 e. The summed E-state index contributed by atoms with van der Waals surface area (Å²) in [6, 6.07) is 7.28. The maximum atomic E-state index is 12.0. The van der Waals surface area contributed by atoms with E-state index >= 15 is 0 Å². The molecule has 1 heterocycles. The Morgan fingerprint density at radius 2 is 1.82 bits per heavy atom. The molecule has 1 N–H and O–H groups in total. The van der Waals surface area contributed by atoms with E-state index in [9.17, 15) is 14.7 Å². The van der Waals surface area contributed by atoms with Crippen LogP contribution in [0.25, 0.3) is 5.57 Å². The molecule has 0 saturated heterocycles. The summed E-state index contributed by atoms with van der Waals surface area (Å²) >= 11 is 0. The molecule has 0 atom stereocenters. The third-order valence-corrected chi connectivity index (χ3v) is 3.55. The van der Waals surface area contributed by atoms with Gasteiger partial charge in [0.1, 0.15) is 5.57 Å². The highest BCUT2D eigenvalue weighted by molar-refractivity contribution is 6.21. The Kier molecular flexibility index (Phi) is 4.35. The number of hydrogen-bond acceptors (Lipinski definition) is 5. The minimum atomic E-state index is -0.687. The molecule has 1 aliphatic rings. The Hall–Kier alpha value is -2.56. The SMILES string of the molecule is COC(=O)/C(C)=C1/OC(=O)C(c2ccc(C(C)C)cc2)=C1O. The van der Waals surface area contributed by atoms with Gasteiger partial charge in [0.2, 0.25) is 0 Å². The molecule has 0 aliphatic carbocycles. The van der Waals surface area contributed by atoms with Crippen molar-refractivity contribution in [3.8, 4) is 0 Å². The molecule has 5 heteroatoms. The molecule has 1 aromatic carbocycles. The van der Waals surface area contributed by atoms with E-state index in [-0.39, 0.29) is 22.7 Å². The second kappa shape index (κ2) is 6.05. The van der Waals surface area contributed by atoms with Gasteiger partial charge >= 0.3 is 11.9 Å². The van der Waals surface area contributed by atoms with Gasteiger partial charge < -0.3 is 14.6 Å². The lowest BCUT2D eigenvalue weighted by Crippen LogP contribution is -2.06. The van der Waals surface area contributed by atoms with Gasteiger partial charge in [-0.15, -0.1) is 0 Å². The Morgan fingerprint density at radius 3 is 2.32 bits per heavy atom. The average molecular weight is 302 g/mol. The first-order chi connectivity index (χ1) is 10.4. The molecule has 1 aromatic rings. The summed E-state index contributed by atoms with van der Waals surface area (Å²) in [4.78, 5) is 23.5. The van der Waals surface area contributed by atoms with Crippen LogP contribution in [0.4, 0.5) is 0 Å². The lowest BCUT2D eigenvalue weighted by molar-refractivity contribution is -0.136. The number of ether oxygens (including phenoxy) is 2. The van der Waals surface area contributed by atoms with Crippen molar-refractivity contribution in [3.05, 3.63) is 52.5 Å². The van der Waals surface area contributed by atoms with Crippen LogP contribution >= 0.6 is 0 Å². The smallest absolute Gasteiger partial charge is 0.348 e. The fourth-order valence-electron chi connectivity index (χ4n) is 2.19. The first-order valence-corrected chi connectivity index (χ1v) is 6.92. The summed E-state index contributed by atoms with van der Waals surface area (Å²) in [5.41, 5.74) is 1.76. The first kappa shape index (κ1) is 15.8. The third-order valence-electron chi connectivity index (χ3n) is 3.55. The van der Waals surface area contributed by atoms with Gasteiger partial charge in [-0.2, -0.15) is 0 Å². The molecule has 0 aromatic heterocycles. The van der Waals surface area contributed by atoms with E-state index in [1.54, 1.807) is 12.1 Å². The topological polar surface area (TPSA) is 72.8 Å². The average Bonchev–Trinajstić information content (AvgIpc) is 2.80. The number of cyclic esters (lactones) is 1. The van der Waals surface area contributed by atoms with Crippen molar-refractivity contribution in [1.29, 1.82) is 0 Å². The van der Waals surface area contributed by atoms with Crippen molar-refractivity contribution >= 4 is 17.5 Å². The monoisotopic (exact) mass is 302 g/mol. The maximum absolute atomic E-state index is 12.0. The fourth-order valence-corrected chi connectivity index (χ4v) is 2.19. The minimum absolute atomic E-state index is 0.0437. The van der Waals surface area contributed by atoms with Gasteiger partial charge in [0.25, 0.3) is 0 Å². The highest BCUT2D eigenvalue weighted by Gasteiger charge is 2.34. The number of aliphatic hydroxyl groups excluding tert-OH is 1. The zero-order chi connectivity index (χ0) is 16.4. The number of rotatable bonds is 3. The van der Waals surface area contributed by atoms with E-state index in [1.807, 2.05) is 12.1 Å². The summed E-state index contributed by atoms with van der Waals surface area (Å²) in [5, 5.41) is 10.2. The quantitative estimate of drug-likeness (QED) is 0.686. The van der Waals surface area contributed by atoms with Gasteiger partial charge in [-0.1, -0.05) is 38.1 Å². The van der Waals surface area contributed by atoms with E-state index in [0.29, 0.717) is 11.5 Å². The number of carbonyl (C=O) groups excluding carboxylic acids is 2. The van der Waals surface area contributed by atoms with Crippen molar-refractivity contribution in [1.82, 2.24) is 0 Å². The largest absolute Gasteiger partial charge is 0.504 e. The number of aliphatic hydroxyl groups is 1. The normalized spacial score (nSPS) is 16.9. The molecule has 0 radical (unpaired) electrons. The summed E-state index contributed by atoms with van der Waals surface area (Å²) < 4.78 is 9.59. The van der Waals surface area contributed by atoms with Crippen LogP contribution in [0.1, 0.15) is 37.8 Å². The lowest BCUT2D eigenvalue weighted by atomic mass is 9.98. The third kappa shape index (κ3) is 2.74. The lowest BCUT2D eigenvalue weighted by Gasteiger charge is -2.06. The summed E-state index contributed by atoms with van der Waals surface area (Å²) in [6.07, 6.45) is 0. The van der Waals surface area contributed by atoms with E-state index in [2.05, 4.69) is 18.6 Å². The van der Waals surface area contributed by atoms with Crippen LogP contribution in [0.15, 0.2) is 41.4 Å². The second-order valence-electron chi connectivity index (χ2n) is 5.34. The van der Waals surface area contributed by atoms with E-state index in [0.717, 1.165) is 5.56 Å². The Morgan fingerprint density at radius 1 is 1.23 bits per heavy atom. The van der Waals surface area contributed by atoms with Gasteiger partial charge in [-0.05, 0) is 24.0 Å². The highest BCUT2D eigenvalue weighted by atomic mass is 16.6. The van der Waals surface area contributed by atoms with Crippen LogP contribution in [0.5, 0.6) is 0 Å². The molecule has 0 unspecified atom stereocenters. The standard InChI is InChI=1S/C17H18O5/c1-9(2)11-5-7-12(8-6-11)13-14(18)15(22-17(13)20)10(3)16(19)21-4/h5-9,18H,1-4H3/b15-10+. The highest BCUT2D eigenvalue weighted by Crippen LogP contribution is 2.33. The van der Waals surface area contributed by atoms with E-state index < -0.39 is 11.9 Å². The molecule has 1 aliphatic heterocycles. The zero-order valence-electron chi connectivity index (χ0n) is 13.0. The molecular weight excluding hydrogens is 284 g/mol. The van der Waals surface area contributed by atoms with Gasteiger partial charge in [-0.25, -0.2) is 9.59 Å². The molecule has 0 bridgehead atoms. The van der Waals surface area contributed by atoms with Crippen LogP contribution in [0.2, 0.25) is 0 Å². The Bertz CT molecular complexity index is 678. The second-order valence-corrected chi connectivity index (χ2v) is 5.34. The number of hydrogen-bond donors (Lipinski definition) is 1. The molecule has 0 spiro atoms. The predicted octanol–water partition coefficient (Wildman–Crippen LogP) is 3.08. The molecule has 0 amide bonds. The molecule has 22 heavy (non-hydrogen) atoms. The predicted molar refractivity (Wildman–Crippen MR) is 80.9 cm³/mol. The Balaban J connectivity index is 2.47. The van der Waals surface area contributed by atoms with Crippen LogP contribution in [0.3, 0.4) is 0 Å². The number of methoxy groups -OCH3 is 1. The summed E-state index contributed by atoms with van der Waals surface area (Å²) in [7, 11) is 1.22. The number of benzene rings is 1. The molecular formula is C17H18O5. The molecule has 2 rings (SSSR count). The zero-order valence-corrected chi connectivity index (χ0v) is 13.0. The summed E-state index contributed by atoms with van der Waals surface area (Å²) in [5.74, 6) is -1.48. The van der Waals surface area contributed by atoms with Crippen LogP contribution < -0.4 is 0 Å². The summed E-state index contributed by atoms with van der Waals surface area (Å²) in [6.45, 7) is 5.56. The fraction of sp³-hybridized carbons (Fsp3) is 0.294. The van der Waals surface area contributed by atoms with Gasteiger partial charge in [0.15, 0.2) is 11.5 Å². The number of esters is 2. The van der Waals surface area contributed by atoms with Gasteiger partial charge in [0, 0.05) is 0 Å². The van der Waals surface area contributed by atoms with Crippen molar-refractivity contribution in [2.75, 3.05) is 7.11 Å². The first-order valence-electron chi connectivity index (χ1n) is 6.92. The van der Waals surface area contributed by atoms with Crippen LogP contribution in [-0.4, -0.2) is 24.2 Å². The van der Waals surface area contributed by atoms with Crippen molar-refractivity contribution in [2.24, 2.45) is 0 Å². The van der Waals surface area contributed by atoms with Gasteiger partial charge in [-0.3, -0.25) is 0 Å². The van der Waals surface area contributed by atoms with Crippen molar-refractivity contribution in [3.63, 3.8) is 0 Å². The van der Waals surface area contributed by atoms with E-state index in [1.165, 1.54) is 14.0 Å². The Labute approximate surface area is 128 Å².